The van der Waals surface area contributed by atoms with Gasteiger partial charge in [-0.15, -0.1) is 0 Å². The molecule has 0 unspecified atom stereocenters. The third-order valence-corrected chi connectivity index (χ3v) is 11.0. The molecular weight excluding hydrogens is 695 g/mol. The molecule has 0 saturated heterocycles. The number of rotatable bonds is 7. The van der Waals surface area contributed by atoms with E-state index in [1.165, 1.54) is 43.7 Å². The summed E-state index contributed by atoms with van der Waals surface area (Å²) in [6.07, 6.45) is 0. The van der Waals surface area contributed by atoms with Crippen LogP contribution in [0.15, 0.2) is 217 Å². The van der Waals surface area contributed by atoms with Gasteiger partial charge >= 0.3 is 0 Å². The molecule has 0 aliphatic rings. The van der Waals surface area contributed by atoms with Gasteiger partial charge in [0.1, 0.15) is 5.52 Å². The molecule has 0 bridgehead atoms. The fourth-order valence-corrected chi connectivity index (χ4v) is 8.39. The van der Waals surface area contributed by atoms with Gasteiger partial charge in [-0.1, -0.05) is 140 Å². The Balaban J connectivity index is 1.15. The Morgan fingerprint density at radius 2 is 1.09 bits per heavy atom. The number of hydrogen-bond acceptors (Lipinski definition) is 3. The quantitative estimate of drug-likeness (QED) is 0.164. The standard InChI is InChI=1S/C53H35N3O/c1-4-16-36(17-5-1)37-30-32-42(33-31-37)55(49-29-15-27-47-52(49)57-53(54-47)38-18-6-2-7-19-38)43-24-14-21-39(34-43)46-35-40-20-10-11-25-44(40)51-50(46)45-26-12-13-28-48(45)56(51)41-22-8-3-9-23-41/h1-35H. The number of oxazole rings is 1. The fourth-order valence-electron chi connectivity index (χ4n) is 8.39. The minimum absolute atomic E-state index is 0.597. The maximum absolute atomic E-state index is 6.66. The summed E-state index contributed by atoms with van der Waals surface area (Å²) in [6.45, 7) is 0. The van der Waals surface area contributed by atoms with E-state index < -0.39 is 0 Å². The highest BCUT2D eigenvalue weighted by molar-refractivity contribution is 6.24. The topological polar surface area (TPSA) is 34.2 Å². The molecule has 11 rings (SSSR count). The average Bonchev–Trinajstić information content (AvgIpc) is 3.89. The van der Waals surface area contributed by atoms with Gasteiger partial charge in [0, 0.05) is 38.8 Å². The first-order valence-corrected chi connectivity index (χ1v) is 19.3. The first-order chi connectivity index (χ1) is 28.3. The van der Waals surface area contributed by atoms with Crippen LogP contribution in [0.5, 0.6) is 0 Å². The van der Waals surface area contributed by atoms with Crippen molar-refractivity contribution in [3.05, 3.63) is 212 Å². The van der Waals surface area contributed by atoms with E-state index in [2.05, 4.69) is 185 Å². The first kappa shape index (κ1) is 32.7. The Kier molecular flexibility index (Phi) is 7.78. The number of hydrogen-bond donors (Lipinski definition) is 0. The van der Waals surface area contributed by atoms with Crippen molar-refractivity contribution in [2.45, 2.75) is 0 Å². The van der Waals surface area contributed by atoms with Gasteiger partial charge in [0.05, 0.1) is 16.7 Å². The van der Waals surface area contributed by atoms with Crippen molar-refractivity contribution in [2.24, 2.45) is 0 Å². The van der Waals surface area contributed by atoms with Crippen LogP contribution in [0.25, 0.3) is 83.1 Å². The van der Waals surface area contributed by atoms with Gasteiger partial charge in [0.15, 0.2) is 5.58 Å². The van der Waals surface area contributed by atoms with Gasteiger partial charge in [-0.2, -0.15) is 0 Å². The van der Waals surface area contributed by atoms with Crippen LogP contribution in [0.2, 0.25) is 0 Å². The SMILES string of the molecule is c1ccc(-c2ccc(N(c3cccc(-c4cc5ccccc5c5c4c4ccccc4n5-c4ccccc4)c3)c3cccc4nc(-c5ccccc5)oc34)cc2)cc1. The number of para-hydroxylation sites is 3. The van der Waals surface area contributed by atoms with Crippen molar-refractivity contribution in [3.63, 3.8) is 0 Å². The van der Waals surface area contributed by atoms with Gasteiger partial charge in [-0.05, 0) is 100 Å². The third kappa shape index (κ3) is 5.58. The Morgan fingerprint density at radius 3 is 1.88 bits per heavy atom. The molecule has 0 atom stereocenters. The summed E-state index contributed by atoms with van der Waals surface area (Å²) in [7, 11) is 0. The van der Waals surface area contributed by atoms with Crippen LogP contribution in [0.1, 0.15) is 0 Å². The molecule has 0 saturated carbocycles. The Hall–Kier alpha value is -7.69. The Labute approximate surface area is 330 Å². The van der Waals surface area contributed by atoms with Gasteiger partial charge in [0.2, 0.25) is 5.89 Å². The number of benzene rings is 9. The molecule has 0 aliphatic heterocycles. The molecule has 0 aliphatic carbocycles. The summed E-state index contributed by atoms with van der Waals surface area (Å²) in [5.41, 5.74) is 13.6. The summed E-state index contributed by atoms with van der Waals surface area (Å²) >= 11 is 0. The lowest BCUT2D eigenvalue weighted by atomic mass is 9.94. The van der Waals surface area contributed by atoms with E-state index in [-0.39, 0.29) is 0 Å². The number of anilines is 3. The normalized spacial score (nSPS) is 11.5. The van der Waals surface area contributed by atoms with Crippen LogP contribution in [-0.2, 0) is 0 Å². The minimum Gasteiger partial charge on any atom is -0.434 e. The lowest BCUT2D eigenvalue weighted by Gasteiger charge is -2.26. The first-order valence-electron chi connectivity index (χ1n) is 19.3. The maximum atomic E-state index is 6.66. The van der Waals surface area contributed by atoms with Crippen LogP contribution in [0, 0.1) is 0 Å². The monoisotopic (exact) mass is 729 g/mol. The van der Waals surface area contributed by atoms with E-state index in [0.29, 0.717) is 5.89 Å². The lowest BCUT2D eigenvalue weighted by Crippen LogP contribution is -2.10. The Morgan fingerprint density at radius 1 is 0.456 bits per heavy atom. The number of nitrogens with zero attached hydrogens (tertiary/aromatic N) is 3. The second kappa shape index (κ2) is 13.6. The molecule has 0 N–H and O–H groups in total. The maximum Gasteiger partial charge on any atom is 0.227 e. The Bertz CT molecular complexity index is 3220. The lowest BCUT2D eigenvalue weighted by molar-refractivity contribution is 0.620. The van der Waals surface area contributed by atoms with Crippen LogP contribution in [0.3, 0.4) is 0 Å². The second-order valence-corrected chi connectivity index (χ2v) is 14.4. The molecule has 0 amide bonds. The predicted molar refractivity (Wildman–Crippen MR) is 237 cm³/mol. The van der Waals surface area contributed by atoms with Gasteiger partial charge < -0.3 is 13.9 Å². The smallest absolute Gasteiger partial charge is 0.227 e. The summed E-state index contributed by atoms with van der Waals surface area (Å²) in [6, 6.07) is 75.1. The van der Waals surface area contributed by atoms with Crippen LogP contribution in [-0.4, -0.2) is 9.55 Å². The van der Waals surface area contributed by atoms with Crippen molar-refractivity contribution < 1.29 is 4.42 Å². The summed E-state index contributed by atoms with van der Waals surface area (Å²) in [5, 5.41) is 4.86. The zero-order valence-corrected chi connectivity index (χ0v) is 31.0. The fraction of sp³-hybridized carbons (Fsp3) is 0. The van der Waals surface area contributed by atoms with Crippen LogP contribution >= 0.6 is 0 Å². The molecular formula is C53H35N3O. The molecule has 0 fully saturated rings. The van der Waals surface area contributed by atoms with Crippen LogP contribution < -0.4 is 4.90 Å². The molecule has 57 heavy (non-hydrogen) atoms. The molecule has 11 aromatic rings. The van der Waals surface area contributed by atoms with Crippen molar-refractivity contribution in [3.8, 4) is 39.4 Å². The molecule has 268 valence electrons. The molecule has 0 spiro atoms. The molecule has 2 heterocycles. The largest absolute Gasteiger partial charge is 0.434 e. The van der Waals surface area contributed by atoms with Gasteiger partial charge in [-0.3, -0.25) is 0 Å². The minimum atomic E-state index is 0.597. The highest BCUT2D eigenvalue weighted by Crippen LogP contribution is 2.45. The second-order valence-electron chi connectivity index (χ2n) is 14.4. The molecule has 4 heteroatoms. The van der Waals surface area contributed by atoms with Crippen molar-refractivity contribution >= 4 is 60.7 Å². The zero-order chi connectivity index (χ0) is 37.7. The average molecular weight is 730 g/mol. The summed E-state index contributed by atoms with van der Waals surface area (Å²) < 4.78 is 9.09. The zero-order valence-electron chi connectivity index (χ0n) is 31.0. The molecule has 2 aromatic heterocycles. The van der Waals surface area contributed by atoms with E-state index >= 15 is 0 Å². The van der Waals surface area contributed by atoms with Gasteiger partial charge in [-0.25, -0.2) is 4.98 Å². The van der Waals surface area contributed by atoms with E-state index in [4.69, 9.17) is 9.40 Å². The molecule has 9 aromatic carbocycles. The van der Waals surface area contributed by atoms with E-state index in [9.17, 15) is 0 Å². The highest BCUT2D eigenvalue weighted by Gasteiger charge is 2.23. The van der Waals surface area contributed by atoms with E-state index in [1.807, 2.05) is 36.4 Å². The third-order valence-electron chi connectivity index (χ3n) is 11.0. The molecule has 4 nitrogen and oxygen atoms in total. The number of fused-ring (bicyclic) bond motifs is 6. The molecule has 0 radical (unpaired) electrons. The predicted octanol–water partition coefficient (Wildman–Crippen LogP) is 14.5. The van der Waals surface area contributed by atoms with Gasteiger partial charge in [0.25, 0.3) is 0 Å². The van der Waals surface area contributed by atoms with Crippen molar-refractivity contribution in [1.82, 2.24) is 9.55 Å². The van der Waals surface area contributed by atoms with E-state index in [0.717, 1.165) is 50.5 Å². The van der Waals surface area contributed by atoms with Crippen molar-refractivity contribution in [2.75, 3.05) is 4.90 Å². The van der Waals surface area contributed by atoms with Crippen molar-refractivity contribution in [1.29, 1.82) is 0 Å². The highest BCUT2D eigenvalue weighted by atomic mass is 16.3. The summed E-state index contributed by atoms with van der Waals surface area (Å²) in [4.78, 5) is 7.25. The number of aromatic nitrogens is 2. The summed E-state index contributed by atoms with van der Waals surface area (Å²) in [5.74, 6) is 0.597. The van der Waals surface area contributed by atoms with E-state index in [1.54, 1.807) is 0 Å². The van der Waals surface area contributed by atoms with Crippen LogP contribution in [0.4, 0.5) is 17.1 Å².